The zero-order valence-electron chi connectivity index (χ0n) is 14.0. The average Bonchev–Trinajstić information content (AvgIpc) is 2.61. The topological polar surface area (TPSA) is 55.4 Å². The van der Waals surface area contributed by atoms with Gasteiger partial charge in [-0.25, -0.2) is 0 Å². The quantitative estimate of drug-likeness (QED) is 0.773. The maximum absolute atomic E-state index is 12.5. The number of rotatable bonds is 6. The van der Waals surface area contributed by atoms with E-state index < -0.39 is 36.1 Å². The molecule has 0 radical (unpaired) electrons. The lowest BCUT2D eigenvalue weighted by atomic mass is 9.97. The standard InChI is InChI=1S/C19H18F3NO3/c1-2-16(13-6-4-3-5-7-13)18(25)26-12-17(24)23-15-10-8-14(9-11-15)19(20,21)22/h3-11,16H,2,12H2,1H3,(H,23,24)/t16-/m0/s1. The molecule has 0 aromatic heterocycles. The van der Waals surface area contributed by atoms with Crippen LogP contribution in [0.4, 0.5) is 18.9 Å². The number of alkyl halides is 3. The van der Waals surface area contributed by atoms with E-state index in [2.05, 4.69) is 5.32 Å². The maximum atomic E-state index is 12.5. The van der Waals surface area contributed by atoms with Crippen molar-refractivity contribution in [1.82, 2.24) is 0 Å². The van der Waals surface area contributed by atoms with Crippen molar-refractivity contribution in [3.63, 3.8) is 0 Å². The molecule has 1 amide bonds. The van der Waals surface area contributed by atoms with Crippen molar-refractivity contribution < 1.29 is 27.5 Å². The van der Waals surface area contributed by atoms with E-state index in [-0.39, 0.29) is 5.69 Å². The molecule has 0 aliphatic heterocycles. The Kier molecular flexibility index (Phi) is 6.38. The lowest BCUT2D eigenvalue weighted by Crippen LogP contribution is -2.24. The Morgan fingerprint density at radius 3 is 2.19 bits per heavy atom. The Hall–Kier alpha value is -2.83. The molecule has 0 aliphatic carbocycles. The van der Waals surface area contributed by atoms with Crippen LogP contribution < -0.4 is 5.32 Å². The van der Waals surface area contributed by atoms with Crippen LogP contribution in [-0.4, -0.2) is 18.5 Å². The van der Waals surface area contributed by atoms with Gasteiger partial charge in [-0.05, 0) is 36.2 Å². The fourth-order valence-electron chi connectivity index (χ4n) is 2.40. The van der Waals surface area contributed by atoms with Gasteiger partial charge in [0.1, 0.15) is 0 Å². The molecule has 26 heavy (non-hydrogen) atoms. The number of amides is 1. The minimum Gasteiger partial charge on any atom is -0.455 e. The second kappa shape index (κ2) is 8.51. The van der Waals surface area contributed by atoms with Crippen molar-refractivity contribution in [3.05, 3.63) is 65.7 Å². The van der Waals surface area contributed by atoms with Crippen LogP contribution in [0.25, 0.3) is 0 Å². The molecule has 2 rings (SSSR count). The first-order valence-electron chi connectivity index (χ1n) is 8.00. The van der Waals surface area contributed by atoms with Crippen molar-refractivity contribution in [2.45, 2.75) is 25.4 Å². The molecule has 0 saturated carbocycles. The predicted octanol–water partition coefficient (Wildman–Crippen LogP) is 4.38. The number of anilines is 1. The first-order chi connectivity index (χ1) is 12.3. The number of carbonyl (C=O) groups is 2. The van der Waals surface area contributed by atoms with Crippen molar-refractivity contribution in [2.75, 3.05) is 11.9 Å². The molecule has 7 heteroatoms. The van der Waals surface area contributed by atoms with Crippen LogP contribution in [0.2, 0.25) is 0 Å². The summed E-state index contributed by atoms with van der Waals surface area (Å²) in [5, 5.41) is 2.39. The van der Waals surface area contributed by atoms with Crippen LogP contribution in [0.1, 0.15) is 30.4 Å². The summed E-state index contributed by atoms with van der Waals surface area (Å²) >= 11 is 0. The fraction of sp³-hybridized carbons (Fsp3) is 0.263. The van der Waals surface area contributed by atoms with Gasteiger partial charge < -0.3 is 10.1 Å². The zero-order valence-corrected chi connectivity index (χ0v) is 14.0. The number of benzene rings is 2. The average molecular weight is 365 g/mol. The van der Waals surface area contributed by atoms with Crippen LogP contribution >= 0.6 is 0 Å². The van der Waals surface area contributed by atoms with Gasteiger partial charge >= 0.3 is 12.1 Å². The Labute approximate surface area is 149 Å². The molecule has 0 fully saturated rings. The summed E-state index contributed by atoms with van der Waals surface area (Å²) in [4.78, 5) is 24.0. The van der Waals surface area contributed by atoms with Crippen molar-refractivity contribution in [3.8, 4) is 0 Å². The van der Waals surface area contributed by atoms with E-state index in [0.717, 1.165) is 29.8 Å². The second-order valence-corrected chi connectivity index (χ2v) is 5.60. The van der Waals surface area contributed by atoms with Crippen LogP contribution in [0, 0.1) is 0 Å². The second-order valence-electron chi connectivity index (χ2n) is 5.60. The highest BCUT2D eigenvalue weighted by Crippen LogP contribution is 2.29. The highest BCUT2D eigenvalue weighted by molar-refractivity contribution is 5.93. The van der Waals surface area contributed by atoms with E-state index in [1.807, 2.05) is 25.1 Å². The van der Waals surface area contributed by atoms with E-state index in [0.29, 0.717) is 6.42 Å². The Morgan fingerprint density at radius 2 is 1.65 bits per heavy atom. The number of ether oxygens (including phenoxy) is 1. The lowest BCUT2D eigenvalue weighted by Gasteiger charge is -2.14. The van der Waals surface area contributed by atoms with E-state index in [9.17, 15) is 22.8 Å². The first-order valence-corrected chi connectivity index (χ1v) is 8.00. The van der Waals surface area contributed by atoms with E-state index in [4.69, 9.17) is 4.74 Å². The molecule has 0 aliphatic rings. The third-order valence-corrected chi connectivity index (χ3v) is 3.74. The molecule has 0 spiro atoms. The number of hydrogen-bond acceptors (Lipinski definition) is 3. The molecule has 1 atom stereocenters. The van der Waals surface area contributed by atoms with Crippen LogP contribution in [0.15, 0.2) is 54.6 Å². The van der Waals surface area contributed by atoms with Gasteiger partial charge in [-0.1, -0.05) is 37.3 Å². The molecule has 0 bridgehead atoms. The van der Waals surface area contributed by atoms with Crippen molar-refractivity contribution in [1.29, 1.82) is 0 Å². The fourth-order valence-corrected chi connectivity index (χ4v) is 2.40. The first kappa shape index (κ1) is 19.5. The maximum Gasteiger partial charge on any atom is 0.416 e. The third kappa shape index (κ3) is 5.34. The number of hydrogen-bond donors (Lipinski definition) is 1. The minimum absolute atomic E-state index is 0.189. The van der Waals surface area contributed by atoms with Gasteiger partial charge in [0.2, 0.25) is 0 Å². The van der Waals surface area contributed by atoms with Gasteiger partial charge in [0.05, 0.1) is 11.5 Å². The number of halogens is 3. The Balaban J connectivity index is 1.89. The van der Waals surface area contributed by atoms with Crippen molar-refractivity contribution in [2.24, 2.45) is 0 Å². The largest absolute Gasteiger partial charge is 0.455 e. The monoisotopic (exact) mass is 365 g/mol. The lowest BCUT2D eigenvalue weighted by molar-refractivity contribution is -0.149. The van der Waals surface area contributed by atoms with Crippen LogP contribution in [-0.2, 0) is 20.5 Å². The molecule has 0 unspecified atom stereocenters. The van der Waals surface area contributed by atoms with Crippen LogP contribution in [0.3, 0.4) is 0 Å². The SMILES string of the molecule is CC[C@H](C(=O)OCC(=O)Nc1ccc(C(F)(F)F)cc1)c1ccccc1. The molecule has 4 nitrogen and oxygen atoms in total. The Bertz CT molecular complexity index is 743. The molecule has 0 heterocycles. The minimum atomic E-state index is -4.44. The Morgan fingerprint density at radius 1 is 1.04 bits per heavy atom. The van der Waals surface area contributed by atoms with E-state index in [1.165, 1.54) is 0 Å². The highest BCUT2D eigenvalue weighted by Gasteiger charge is 2.30. The summed E-state index contributed by atoms with van der Waals surface area (Å²) in [6.07, 6.45) is -3.92. The molecular formula is C19H18F3NO3. The summed E-state index contributed by atoms with van der Waals surface area (Å²) in [5.74, 6) is -1.63. The van der Waals surface area contributed by atoms with Gasteiger partial charge in [0, 0.05) is 5.69 Å². The van der Waals surface area contributed by atoms with Crippen LogP contribution in [0.5, 0.6) is 0 Å². The summed E-state index contributed by atoms with van der Waals surface area (Å²) < 4.78 is 42.5. The summed E-state index contributed by atoms with van der Waals surface area (Å²) in [7, 11) is 0. The van der Waals surface area contributed by atoms with Gasteiger partial charge in [0.25, 0.3) is 5.91 Å². The summed E-state index contributed by atoms with van der Waals surface area (Å²) in [6, 6.07) is 13.1. The molecule has 138 valence electrons. The molecule has 0 saturated heterocycles. The number of nitrogens with one attached hydrogen (secondary N) is 1. The predicted molar refractivity (Wildman–Crippen MR) is 90.5 cm³/mol. The van der Waals surface area contributed by atoms with E-state index >= 15 is 0 Å². The van der Waals surface area contributed by atoms with Crippen molar-refractivity contribution >= 4 is 17.6 Å². The molecule has 2 aromatic rings. The summed E-state index contributed by atoms with van der Waals surface area (Å²) in [6.45, 7) is 1.32. The zero-order chi connectivity index (χ0) is 19.2. The molecule has 2 aromatic carbocycles. The smallest absolute Gasteiger partial charge is 0.416 e. The molecule has 1 N–H and O–H groups in total. The number of esters is 1. The normalized spacial score (nSPS) is 12.3. The van der Waals surface area contributed by atoms with Gasteiger partial charge in [-0.3, -0.25) is 9.59 Å². The molecular weight excluding hydrogens is 347 g/mol. The highest BCUT2D eigenvalue weighted by atomic mass is 19.4. The van der Waals surface area contributed by atoms with Gasteiger partial charge in [-0.2, -0.15) is 13.2 Å². The number of carbonyl (C=O) groups excluding carboxylic acids is 2. The van der Waals surface area contributed by atoms with E-state index in [1.54, 1.807) is 12.1 Å². The van der Waals surface area contributed by atoms with Gasteiger partial charge in [0.15, 0.2) is 6.61 Å². The summed E-state index contributed by atoms with van der Waals surface area (Å²) in [5.41, 5.74) is 0.174. The third-order valence-electron chi connectivity index (χ3n) is 3.74. The van der Waals surface area contributed by atoms with Gasteiger partial charge in [-0.15, -0.1) is 0 Å².